The number of halogens is 1. The van der Waals surface area contributed by atoms with Crippen molar-refractivity contribution in [1.29, 1.82) is 0 Å². The smallest absolute Gasteiger partial charge is 0.255 e. The van der Waals surface area contributed by atoms with Crippen LogP contribution in [0, 0.1) is 6.92 Å². The lowest BCUT2D eigenvalue weighted by Gasteiger charge is -2.42. The van der Waals surface area contributed by atoms with E-state index in [0.717, 1.165) is 56.4 Å². The number of hydrogen-bond donors (Lipinski definition) is 2. The van der Waals surface area contributed by atoms with Crippen LogP contribution in [0.5, 0.6) is 0 Å². The van der Waals surface area contributed by atoms with E-state index in [-0.39, 0.29) is 11.6 Å². The highest BCUT2D eigenvalue weighted by molar-refractivity contribution is 6.04. The van der Waals surface area contributed by atoms with Gasteiger partial charge in [-0.05, 0) is 86.2 Å². The molecule has 1 amide bonds. The first-order valence-electron chi connectivity index (χ1n) is 12.3. The van der Waals surface area contributed by atoms with Crippen LogP contribution in [0.2, 0.25) is 0 Å². The lowest BCUT2D eigenvalue weighted by Crippen LogP contribution is -2.48. The number of aromatic nitrogens is 1. The average Bonchev–Trinajstić information content (AvgIpc) is 2.90. The predicted octanol–water partition coefficient (Wildman–Crippen LogP) is 5.27. The second kappa shape index (κ2) is 10.8. The monoisotopic (exact) mass is 491 g/mol. The zero-order valence-electron chi connectivity index (χ0n) is 21.3. The van der Waals surface area contributed by atoms with Gasteiger partial charge in [0.05, 0.1) is 24.9 Å². The van der Waals surface area contributed by atoms with Crippen molar-refractivity contribution in [3.63, 3.8) is 0 Å². The van der Waals surface area contributed by atoms with E-state index < -0.39 is 5.67 Å². The van der Waals surface area contributed by atoms with Crippen molar-refractivity contribution in [2.45, 2.75) is 45.3 Å². The number of rotatable bonds is 4. The standard InChI is InChI=1S/C28H30FN3O2.CH4O/c1-18-4-8-22(31-27(33)21-10-11-30-26(15-21)28(2,3)29)16-24(18)20-6-5-19-7-9-23-17-34-13-12-32(23)25(19)14-20;1-2/h4-6,8,10-11,14-16,23H,7,9,12-13,17H2,1-3H3,(H,31,33);2H,1H3. The molecule has 2 aliphatic rings. The highest BCUT2D eigenvalue weighted by atomic mass is 19.1. The number of morpholine rings is 1. The van der Waals surface area contributed by atoms with Crippen molar-refractivity contribution < 1.29 is 19.0 Å². The maximum atomic E-state index is 14.3. The Balaban J connectivity index is 0.00000148. The number of aryl methyl sites for hydroxylation is 2. The van der Waals surface area contributed by atoms with E-state index in [1.165, 1.54) is 37.4 Å². The molecule has 2 aliphatic heterocycles. The Labute approximate surface area is 212 Å². The van der Waals surface area contributed by atoms with Crippen molar-refractivity contribution in [2.75, 3.05) is 37.1 Å². The molecule has 3 heterocycles. The summed E-state index contributed by atoms with van der Waals surface area (Å²) in [5, 5.41) is 9.97. The van der Waals surface area contributed by atoms with Crippen LogP contribution < -0.4 is 10.2 Å². The van der Waals surface area contributed by atoms with E-state index in [9.17, 15) is 9.18 Å². The summed E-state index contributed by atoms with van der Waals surface area (Å²) in [6.07, 6.45) is 3.67. The first-order chi connectivity index (χ1) is 17.3. The van der Waals surface area contributed by atoms with Crippen LogP contribution in [-0.4, -0.2) is 48.9 Å². The largest absolute Gasteiger partial charge is 0.400 e. The van der Waals surface area contributed by atoms with Crippen LogP contribution in [0.1, 0.15) is 47.4 Å². The summed E-state index contributed by atoms with van der Waals surface area (Å²) < 4.78 is 20.0. The van der Waals surface area contributed by atoms with Crippen LogP contribution >= 0.6 is 0 Å². The molecule has 2 aromatic carbocycles. The summed E-state index contributed by atoms with van der Waals surface area (Å²) in [5.41, 5.74) is 5.73. The Hall–Kier alpha value is -3.29. The molecule has 0 spiro atoms. The molecule has 1 unspecified atom stereocenters. The van der Waals surface area contributed by atoms with Crippen LogP contribution in [-0.2, 0) is 16.8 Å². The minimum atomic E-state index is -1.61. The Morgan fingerprint density at radius 1 is 1.17 bits per heavy atom. The lowest BCUT2D eigenvalue weighted by atomic mass is 9.91. The van der Waals surface area contributed by atoms with Gasteiger partial charge in [-0.1, -0.05) is 18.2 Å². The van der Waals surface area contributed by atoms with Gasteiger partial charge in [0.1, 0.15) is 5.67 Å². The predicted molar refractivity (Wildman–Crippen MR) is 141 cm³/mol. The van der Waals surface area contributed by atoms with E-state index in [0.29, 0.717) is 17.3 Å². The number of pyridine rings is 1. The number of amides is 1. The second-order valence-corrected chi connectivity index (χ2v) is 9.69. The molecule has 0 aliphatic carbocycles. The number of benzene rings is 2. The summed E-state index contributed by atoms with van der Waals surface area (Å²) in [6.45, 7) is 7.41. The molecule has 1 aromatic heterocycles. The van der Waals surface area contributed by atoms with Gasteiger partial charge < -0.3 is 20.1 Å². The number of aliphatic hydroxyl groups excluding tert-OH is 1. The van der Waals surface area contributed by atoms with Gasteiger partial charge in [0.15, 0.2) is 0 Å². The average molecular weight is 492 g/mol. The van der Waals surface area contributed by atoms with Gasteiger partial charge in [0.2, 0.25) is 0 Å². The van der Waals surface area contributed by atoms with Crippen LogP contribution in [0.25, 0.3) is 11.1 Å². The summed E-state index contributed by atoms with van der Waals surface area (Å²) in [7, 11) is 1.00. The minimum Gasteiger partial charge on any atom is -0.400 e. The normalized spacial score (nSPS) is 16.8. The fourth-order valence-electron chi connectivity index (χ4n) is 4.85. The number of carbonyl (C=O) groups is 1. The van der Waals surface area contributed by atoms with Gasteiger partial charge in [-0.3, -0.25) is 9.78 Å². The molecule has 1 saturated heterocycles. The first-order valence-corrected chi connectivity index (χ1v) is 12.3. The molecule has 0 radical (unpaired) electrons. The zero-order chi connectivity index (χ0) is 25.9. The summed E-state index contributed by atoms with van der Waals surface area (Å²) in [6, 6.07) is 16.2. The van der Waals surface area contributed by atoms with Crippen molar-refractivity contribution in [3.05, 3.63) is 77.1 Å². The second-order valence-electron chi connectivity index (χ2n) is 9.69. The van der Waals surface area contributed by atoms with E-state index >= 15 is 0 Å². The number of carbonyl (C=O) groups excluding carboxylic acids is 1. The summed E-state index contributed by atoms with van der Waals surface area (Å²) in [4.78, 5) is 19.4. The molecule has 190 valence electrons. The molecule has 5 rings (SSSR count). The van der Waals surface area contributed by atoms with Crippen LogP contribution in [0.3, 0.4) is 0 Å². The Kier molecular flexibility index (Phi) is 7.71. The van der Waals surface area contributed by atoms with Gasteiger partial charge in [-0.15, -0.1) is 0 Å². The molecule has 6 nitrogen and oxygen atoms in total. The molecule has 7 heteroatoms. The molecule has 0 bridgehead atoms. The molecule has 1 atom stereocenters. The Morgan fingerprint density at radius 2 is 1.97 bits per heavy atom. The molecule has 1 fully saturated rings. The van der Waals surface area contributed by atoms with Crippen molar-refractivity contribution >= 4 is 17.3 Å². The third-order valence-electron chi connectivity index (χ3n) is 6.81. The lowest BCUT2D eigenvalue weighted by molar-refractivity contribution is 0.0897. The van der Waals surface area contributed by atoms with Gasteiger partial charge in [0, 0.05) is 36.8 Å². The maximum Gasteiger partial charge on any atom is 0.255 e. The number of ether oxygens (including phenoxy) is 1. The van der Waals surface area contributed by atoms with Crippen LogP contribution in [0.15, 0.2) is 54.7 Å². The fourth-order valence-corrected chi connectivity index (χ4v) is 4.85. The SMILES string of the molecule is CO.Cc1ccc(NC(=O)c2ccnc(C(C)(C)F)c2)cc1-c1ccc2c(c1)N1CCOCC1CC2. The molecule has 2 N–H and O–H groups in total. The maximum absolute atomic E-state index is 14.3. The Morgan fingerprint density at radius 3 is 2.75 bits per heavy atom. The highest BCUT2D eigenvalue weighted by Crippen LogP contribution is 2.37. The number of nitrogens with zero attached hydrogens (tertiary/aromatic N) is 2. The first kappa shape index (κ1) is 25.8. The van der Waals surface area contributed by atoms with Crippen molar-refractivity contribution in [2.24, 2.45) is 0 Å². The Bertz CT molecular complexity index is 1240. The number of aliphatic hydroxyl groups is 1. The molecule has 3 aromatic rings. The minimum absolute atomic E-state index is 0.236. The molecular formula is C29H34FN3O3. The number of anilines is 2. The van der Waals surface area contributed by atoms with E-state index in [2.05, 4.69) is 40.3 Å². The van der Waals surface area contributed by atoms with Crippen molar-refractivity contribution in [3.8, 4) is 11.1 Å². The number of hydrogen-bond acceptors (Lipinski definition) is 5. The van der Waals surface area contributed by atoms with Crippen molar-refractivity contribution in [1.82, 2.24) is 4.98 Å². The topological polar surface area (TPSA) is 74.7 Å². The van der Waals surface area contributed by atoms with Crippen LogP contribution in [0.4, 0.5) is 15.8 Å². The van der Waals surface area contributed by atoms with Gasteiger partial charge in [-0.2, -0.15) is 0 Å². The quantitative estimate of drug-likeness (QED) is 0.520. The number of fused-ring (bicyclic) bond motifs is 3. The van der Waals surface area contributed by atoms with Gasteiger partial charge in [0.25, 0.3) is 5.91 Å². The summed E-state index contributed by atoms with van der Waals surface area (Å²) in [5.74, 6) is -0.288. The molecular weight excluding hydrogens is 457 g/mol. The van der Waals surface area contributed by atoms with E-state index in [1.807, 2.05) is 18.2 Å². The third kappa shape index (κ3) is 5.42. The number of nitrogens with one attached hydrogen (secondary N) is 1. The zero-order valence-corrected chi connectivity index (χ0v) is 21.3. The highest BCUT2D eigenvalue weighted by Gasteiger charge is 2.29. The molecule has 0 saturated carbocycles. The van der Waals surface area contributed by atoms with E-state index in [1.54, 1.807) is 6.07 Å². The fraction of sp³-hybridized carbons (Fsp3) is 0.379. The van der Waals surface area contributed by atoms with Gasteiger partial charge >= 0.3 is 0 Å². The summed E-state index contributed by atoms with van der Waals surface area (Å²) >= 11 is 0. The van der Waals surface area contributed by atoms with Gasteiger partial charge in [-0.25, -0.2) is 4.39 Å². The van der Waals surface area contributed by atoms with E-state index in [4.69, 9.17) is 9.84 Å². The molecule has 36 heavy (non-hydrogen) atoms. The number of alkyl halides is 1. The third-order valence-corrected chi connectivity index (χ3v) is 6.81.